The lowest BCUT2D eigenvalue weighted by molar-refractivity contribution is 0.0739. The molecule has 0 unspecified atom stereocenters. The van der Waals surface area contributed by atoms with Crippen LogP contribution in [-0.2, 0) is 0 Å². The van der Waals surface area contributed by atoms with Gasteiger partial charge in [-0.05, 0) is 12.0 Å². The Morgan fingerprint density at radius 3 is 2.89 bits per heavy atom. The van der Waals surface area contributed by atoms with Crippen molar-refractivity contribution in [2.24, 2.45) is 5.92 Å². The van der Waals surface area contributed by atoms with E-state index in [0.29, 0.717) is 13.1 Å². The van der Waals surface area contributed by atoms with Crippen LogP contribution in [0.1, 0.15) is 30.6 Å². The number of halogens is 2. The van der Waals surface area contributed by atoms with E-state index in [2.05, 4.69) is 4.98 Å². The zero-order valence-corrected chi connectivity index (χ0v) is 11.6. The number of pyridine rings is 1. The molecule has 19 heavy (non-hydrogen) atoms. The van der Waals surface area contributed by atoms with Gasteiger partial charge in [-0.25, -0.2) is 9.37 Å². The summed E-state index contributed by atoms with van der Waals surface area (Å²) < 4.78 is 13.1. The normalized spacial score (nSPS) is 10.3. The van der Waals surface area contributed by atoms with Gasteiger partial charge in [-0.3, -0.25) is 4.79 Å². The van der Waals surface area contributed by atoms with Gasteiger partial charge in [0.1, 0.15) is 11.0 Å². The molecule has 0 aliphatic rings. The van der Waals surface area contributed by atoms with Crippen molar-refractivity contribution >= 4 is 17.5 Å². The van der Waals surface area contributed by atoms with Crippen LogP contribution in [-0.4, -0.2) is 28.9 Å². The molecule has 6 heteroatoms. The monoisotopic (exact) mass is 283 g/mol. The van der Waals surface area contributed by atoms with Gasteiger partial charge in [-0.1, -0.05) is 25.4 Å². The highest BCUT2D eigenvalue weighted by Gasteiger charge is 2.20. The fourth-order valence-electron chi connectivity index (χ4n) is 1.64. The molecule has 4 nitrogen and oxygen atoms in total. The molecule has 0 saturated carbocycles. The Morgan fingerprint density at radius 1 is 1.63 bits per heavy atom. The first-order valence-corrected chi connectivity index (χ1v) is 6.30. The summed E-state index contributed by atoms with van der Waals surface area (Å²) in [5.41, 5.74) is 0.0280. The van der Waals surface area contributed by atoms with Gasteiger partial charge >= 0.3 is 0 Å². The minimum atomic E-state index is -0.613. The van der Waals surface area contributed by atoms with Crippen molar-refractivity contribution in [1.29, 1.82) is 5.26 Å². The van der Waals surface area contributed by atoms with Crippen molar-refractivity contribution in [2.75, 3.05) is 13.1 Å². The Bertz CT molecular complexity index is 499. The third-order valence-corrected chi connectivity index (χ3v) is 2.70. The Hall–Kier alpha value is -1.67. The van der Waals surface area contributed by atoms with Crippen LogP contribution >= 0.6 is 11.6 Å². The van der Waals surface area contributed by atoms with Crippen LogP contribution in [0.15, 0.2) is 12.3 Å². The van der Waals surface area contributed by atoms with Crippen LogP contribution in [0, 0.1) is 23.1 Å². The van der Waals surface area contributed by atoms with Crippen LogP contribution in [0.2, 0.25) is 5.15 Å². The second kappa shape index (κ2) is 7.05. The molecule has 1 aromatic heterocycles. The zero-order valence-electron chi connectivity index (χ0n) is 10.9. The lowest BCUT2D eigenvalue weighted by atomic mass is 10.1. The van der Waals surface area contributed by atoms with Gasteiger partial charge < -0.3 is 4.90 Å². The van der Waals surface area contributed by atoms with Crippen LogP contribution < -0.4 is 0 Å². The molecule has 1 amide bonds. The highest BCUT2D eigenvalue weighted by Crippen LogP contribution is 2.17. The fraction of sp³-hybridized carbons (Fsp3) is 0.462. The second-order valence-electron chi connectivity index (χ2n) is 4.55. The molecule has 0 saturated heterocycles. The SMILES string of the molecule is CC(C)CN(CCC#N)C(=O)c1cc(F)cnc1Cl. The van der Waals surface area contributed by atoms with Crippen LogP contribution in [0.5, 0.6) is 0 Å². The Morgan fingerprint density at radius 2 is 2.32 bits per heavy atom. The molecule has 0 N–H and O–H groups in total. The van der Waals surface area contributed by atoms with E-state index >= 15 is 0 Å². The van der Waals surface area contributed by atoms with E-state index in [4.69, 9.17) is 16.9 Å². The summed E-state index contributed by atoms with van der Waals surface area (Å²) in [6.45, 7) is 4.68. The lowest BCUT2D eigenvalue weighted by Crippen LogP contribution is -2.35. The van der Waals surface area contributed by atoms with Gasteiger partial charge in [0, 0.05) is 13.1 Å². The van der Waals surface area contributed by atoms with Crippen molar-refractivity contribution in [3.05, 3.63) is 28.8 Å². The third-order valence-electron chi connectivity index (χ3n) is 2.40. The summed E-state index contributed by atoms with van der Waals surface area (Å²) in [4.78, 5) is 17.4. The number of aromatic nitrogens is 1. The maximum absolute atomic E-state index is 13.1. The average molecular weight is 284 g/mol. The van der Waals surface area contributed by atoms with Crippen LogP contribution in [0.25, 0.3) is 0 Å². The number of nitriles is 1. The lowest BCUT2D eigenvalue weighted by Gasteiger charge is -2.23. The quantitative estimate of drug-likeness (QED) is 0.781. The standard InChI is InChI=1S/C13H15ClFN3O/c1-9(2)8-18(5-3-4-16)13(19)11-6-10(15)7-17-12(11)14/h6-7,9H,3,5,8H2,1-2H3. The topological polar surface area (TPSA) is 57.0 Å². The molecular weight excluding hydrogens is 269 g/mol. The highest BCUT2D eigenvalue weighted by atomic mass is 35.5. The molecule has 1 heterocycles. The molecule has 0 bridgehead atoms. The Kier molecular flexibility index (Phi) is 5.71. The van der Waals surface area contributed by atoms with Gasteiger partial charge in [0.2, 0.25) is 0 Å². The van der Waals surface area contributed by atoms with E-state index < -0.39 is 11.7 Å². The van der Waals surface area contributed by atoms with E-state index in [1.165, 1.54) is 4.90 Å². The van der Waals surface area contributed by atoms with Gasteiger partial charge in [0.15, 0.2) is 0 Å². The summed E-state index contributed by atoms with van der Waals surface area (Å²) in [6.07, 6.45) is 1.18. The van der Waals surface area contributed by atoms with Gasteiger partial charge in [-0.15, -0.1) is 0 Å². The number of nitrogens with zero attached hydrogens (tertiary/aromatic N) is 3. The van der Waals surface area contributed by atoms with Crippen molar-refractivity contribution in [3.8, 4) is 6.07 Å². The Labute approximate surface area is 116 Å². The predicted octanol–water partition coefficient (Wildman–Crippen LogP) is 2.89. The number of carbonyl (C=O) groups is 1. The molecule has 0 atom stereocenters. The summed E-state index contributed by atoms with van der Waals surface area (Å²) in [5, 5.41) is 8.58. The van der Waals surface area contributed by atoms with Crippen molar-refractivity contribution < 1.29 is 9.18 Å². The summed E-state index contributed by atoms with van der Waals surface area (Å²) in [7, 11) is 0. The maximum Gasteiger partial charge on any atom is 0.257 e. The molecule has 1 aromatic rings. The van der Waals surface area contributed by atoms with E-state index in [-0.39, 0.29) is 23.1 Å². The summed E-state index contributed by atoms with van der Waals surface area (Å²) in [5.74, 6) is -0.776. The van der Waals surface area contributed by atoms with Crippen molar-refractivity contribution in [1.82, 2.24) is 9.88 Å². The largest absolute Gasteiger partial charge is 0.337 e. The number of hydrogen-bond donors (Lipinski definition) is 0. The zero-order chi connectivity index (χ0) is 14.4. The number of hydrogen-bond acceptors (Lipinski definition) is 3. The maximum atomic E-state index is 13.1. The van der Waals surface area contributed by atoms with Gasteiger partial charge in [0.25, 0.3) is 5.91 Å². The molecule has 0 aromatic carbocycles. The first-order valence-electron chi connectivity index (χ1n) is 5.93. The van der Waals surface area contributed by atoms with E-state index in [9.17, 15) is 9.18 Å². The van der Waals surface area contributed by atoms with Crippen LogP contribution in [0.3, 0.4) is 0 Å². The summed E-state index contributed by atoms with van der Waals surface area (Å²) >= 11 is 5.82. The van der Waals surface area contributed by atoms with Crippen molar-refractivity contribution in [3.63, 3.8) is 0 Å². The second-order valence-corrected chi connectivity index (χ2v) is 4.90. The molecule has 102 valence electrons. The fourth-order valence-corrected chi connectivity index (χ4v) is 1.83. The first kappa shape index (κ1) is 15.4. The van der Waals surface area contributed by atoms with E-state index in [1.54, 1.807) is 0 Å². The third kappa shape index (κ3) is 4.49. The predicted molar refractivity (Wildman–Crippen MR) is 70.2 cm³/mol. The van der Waals surface area contributed by atoms with Gasteiger partial charge in [-0.2, -0.15) is 5.26 Å². The number of carbonyl (C=O) groups excluding carboxylic acids is 1. The first-order chi connectivity index (χ1) is 8.95. The van der Waals surface area contributed by atoms with Gasteiger partial charge in [0.05, 0.1) is 24.3 Å². The minimum absolute atomic E-state index is 0.0280. The van der Waals surface area contributed by atoms with E-state index in [0.717, 1.165) is 12.3 Å². The smallest absolute Gasteiger partial charge is 0.257 e. The molecule has 0 fully saturated rings. The minimum Gasteiger partial charge on any atom is -0.337 e. The summed E-state index contributed by atoms with van der Waals surface area (Å²) in [6, 6.07) is 3.05. The average Bonchev–Trinajstić information content (AvgIpc) is 2.36. The molecule has 0 spiro atoms. The molecule has 1 rings (SSSR count). The molecule has 0 aliphatic heterocycles. The van der Waals surface area contributed by atoms with Crippen LogP contribution in [0.4, 0.5) is 4.39 Å². The van der Waals surface area contributed by atoms with Crippen molar-refractivity contribution in [2.45, 2.75) is 20.3 Å². The number of rotatable bonds is 5. The molecular formula is C13H15ClFN3O. The molecule has 0 aliphatic carbocycles. The number of amides is 1. The van der Waals surface area contributed by atoms with E-state index in [1.807, 2.05) is 19.9 Å². The molecule has 0 radical (unpaired) electrons. The Balaban J connectivity index is 2.97. The highest BCUT2D eigenvalue weighted by molar-refractivity contribution is 6.32.